The number of hydrogen-bond acceptors (Lipinski definition) is 10. The summed E-state index contributed by atoms with van der Waals surface area (Å²) in [4.78, 5) is 39.9. The van der Waals surface area contributed by atoms with Crippen LogP contribution in [0.4, 0.5) is 16.4 Å². The van der Waals surface area contributed by atoms with Gasteiger partial charge in [-0.15, -0.1) is 11.3 Å². The summed E-state index contributed by atoms with van der Waals surface area (Å²) in [5.41, 5.74) is 2.76. The van der Waals surface area contributed by atoms with Gasteiger partial charge in [-0.1, -0.05) is 6.07 Å². The number of rotatable bonds is 7. The van der Waals surface area contributed by atoms with Crippen LogP contribution < -0.4 is 14.5 Å². The predicted molar refractivity (Wildman–Crippen MR) is 163 cm³/mol. The zero-order valence-corrected chi connectivity index (χ0v) is 26.4. The molecule has 1 aliphatic rings. The van der Waals surface area contributed by atoms with Gasteiger partial charge >= 0.3 is 6.09 Å². The summed E-state index contributed by atoms with van der Waals surface area (Å²) in [6.07, 6.45) is -0.0653. The molecular formula is C28H33N7O6S2. The molecule has 4 aromatic rings. The maximum atomic E-state index is 12.8. The molecule has 13 nitrogen and oxygen atoms in total. The number of methoxy groups -OCH3 is 1. The fraction of sp³-hybridized carbons (Fsp3) is 0.393. The van der Waals surface area contributed by atoms with Crippen molar-refractivity contribution in [1.29, 1.82) is 0 Å². The predicted octanol–water partition coefficient (Wildman–Crippen LogP) is 3.54. The van der Waals surface area contributed by atoms with E-state index in [2.05, 4.69) is 4.98 Å². The highest BCUT2D eigenvalue weighted by Gasteiger charge is 2.28. The number of thiazole rings is 1. The first-order valence-corrected chi connectivity index (χ1v) is 16.2. The molecule has 228 valence electrons. The molecule has 2 amide bonds. The summed E-state index contributed by atoms with van der Waals surface area (Å²) in [5.74, 6) is 1.00. The van der Waals surface area contributed by atoms with Gasteiger partial charge in [-0.2, -0.15) is 9.61 Å². The monoisotopic (exact) mass is 627 g/mol. The summed E-state index contributed by atoms with van der Waals surface area (Å²) in [6.45, 7) is 9.09. The van der Waals surface area contributed by atoms with Gasteiger partial charge in [0.15, 0.2) is 15.5 Å². The maximum Gasteiger partial charge on any atom is 0.413 e. The van der Waals surface area contributed by atoms with E-state index >= 15 is 0 Å². The summed E-state index contributed by atoms with van der Waals surface area (Å²) < 4.78 is 32.0. The summed E-state index contributed by atoms with van der Waals surface area (Å²) in [7, 11) is -2.23. The number of piperazine rings is 1. The number of hydrogen-bond donors (Lipinski definition) is 1. The summed E-state index contributed by atoms with van der Waals surface area (Å²) in [5, 5.41) is 16.0. The van der Waals surface area contributed by atoms with Gasteiger partial charge in [0.05, 0.1) is 30.1 Å². The van der Waals surface area contributed by atoms with Crippen LogP contribution in [0.5, 0.6) is 5.75 Å². The van der Waals surface area contributed by atoms with E-state index in [0.717, 1.165) is 21.8 Å². The highest BCUT2D eigenvalue weighted by atomic mass is 32.2. The third-order valence-corrected chi connectivity index (χ3v) is 9.62. The van der Waals surface area contributed by atoms with Crippen LogP contribution >= 0.6 is 11.3 Å². The Morgan fingerprint density at radius 3 is 2.33 bits per heavy atom. The van der Waals surface area contributed by atoms with Crippen molar-refractivity contribution in [1.82, 2.24) is 24.5 Å². The third-order valence-electron chi connectivity index (χ3n) is 7.44. The van der Waals surface area contributed by atoms with Gasteiger partial charge in [0.25, 0.3) is 0 Å². The Labute approximate surface area is 253 Å². The molecule has 0 spiro atoms. The normalized spacial score (nSPS) is 13.9. The van der Waals surface area contributed by atoms with Crippen molar-refractivity contribution in [3.8, 4) is 16.9 Å². The van der Waals surface area contributed by atoms with Gasteiger partial charge in [-0.25, -0.2) is 23.2 Å². The summed E-state index contributed by atoms with van der Waals surface area (Å²) in [6, 6.07) is 6.53. The molecule has 3 aromatic heterocycles. The van der Waals surface area contributed by atoms with Gasteiger partial charge in [0, 0.05) is 55.9 Å². The van der Waals surface area contributed by atoms with Crippen LogP contribution in [-0.4, -0.2) is 89.6 Å². The zero-order valence-electron chi connectivity index (χ0n) is 24.8. The average Bonchev–Trinajstić information content (AvgIpc) is 3.46. The third kappa shape index (κ3) is 5.86. The number of aryl methyl sites for hydroxylation is 3. The summed E-state index contributed by atoms with van der Waals surface area (Å²) >= 11 is 1.43. The standard InChI is InChI=1S/C28H33N7O6S2/c1-16-22(42-18(3)29-16)15-34(28(37)38)25-14-24(33-11-9-32(10-12-33)19(4)36)30-27-26(17(2)31-35(25)27)20-7-8-21(41-5)23(13-20)43(6,39)40/h7-8,13-14H,9-12,15H2,1-6H3,(H,37,38). The molecule has 4 heterocycles. The molecule has 0 saturated carbocycles. The number of benzene rings is 1. The van der Waals surface area contributed by atoms with Crippen LogP contribution in [0.15, 0.2) is 29.2 Å². The Balaban J connectivity index is 1.72. The Kier molecular flexibility index (Phi) is 8.05. The lowest BCUT2D eigenvalue weighted by Crippen LogP contribution is -2.48. The number of fused-ring (bicyclic) bond motifs is 1. The minimum absolute atomic E-state index is 0.00842. The largest absolute Gasteiger partial charge is 0.495 e. The number of aromatic nitrogens is 4. The van der Waals surface area contributed by atoms with Crippen LogP contribution in [0.3, 0.4) is 0 Å². The highest BCUT2D eigenvalue weighted by Crippen LogP contribution is 2.36. The Morgan fingerprint density at radius 1 is 1.07 bits per heavy atom. The smallest absolute Gasteiger partial charge is 0.413 e. The van der Waals surface area contributed by atoms with Crippen LogP contribution in [0.25, 0.3) is 16.8 Å². The van der Waals surface area contributed by atoms with Crippen molar-refractivity contribution in [2.45, 2.75) is 39.1 Å². The molecule has 1 saturated heterocycles. The van der Waals surface area contributed by atoms with E-state index in [1.807, 2.05) is 18.7 Å². The van der Waals surface area contributed by atoms with E-state index in [4.69, 9.17) is 14.8 Å². The second-order valence-electron chi connectivity index (χ2n) is 10.4. The van der Waals surface area contributed by atoms with Crippen LogP contribution in [0.1, 0.15) is 28.2 Å². The highest BCUT2D eigenvalue weighted by molar-refractivity contribution is 7.90. The molecule has 0 radical (unpaired) electrons. The van der Waals surface area contributed by atoms with Crippen molar-refractivity contribution in [2.24, 2.45) is 0 Å². The van der Waals surface area contributed by atoms with Crippen LogP contribution in [0, 0.1) is 20.8 Å². The van der Waals surface area contributed by atoms with E-state index < -0.39 is 15.9 Å². The second-order valence-corrected chi connectivity index (χ2v) is 13.7. The fourth-order valence-electron chi connectivity index (χ4n) is 5.27. The number of amides is 2. The number of carbonyl (C=O) groups excluding carboxylic acids is 1. The number of anilines is 2. The molecule has 0 unspecified atom stereocenters. The minimum atomic E-state index is -3.64. The molecule has 0 bridgehead atoms. The Hall–Kier alpha value is -4.24. The van der Waals surface area contributed by atoms with E-state index in [1.165, 1.54) is 40.9 Å². The molecule has 1 aliphatic heterocycles. The lowest BCUT2D eigenvalue weighted by Gasteiger charge is -2.35. The molecular weight excluding hydrogens is 594 g/mol. The van der Waals surface area contributed by atoms with Gasteiger partial charge in [-0.05, 0) is 38.5 Å². The molecule has 0 atom stereocenters. The molecule has 43 heavy (non-hydrogen) atoms. The number of sulfone groups is 1. The second kappa shape index (κ2) is 11.4. The van der Waals surface area contributed by atoms with Crippen molar-refractivity contribution < 1.29 is 27.9 Å². The maximum absolute atomic E-state index is 12.8. The molecule has 0 aliphatic carbocycles. The lowest BCUT2D eigenvalue weighted by molar-refractivity contribution is -0.129. The van der Waals surface area contributed by atoms with Gasteiger partial charge < -0.3 is 19.6 Å². The quantitative estimate of drug-likeness (QED) is 0.322. The van der Waals surface area contributed by atoms with Gasteiger partial charge in [0.1, 0.15) is 22.3 Å². The van der Waals surface area contributed by atoms with Crippen LogP contribution in [-0.2, 0) is 21.2 Å². The Bertz CT molecular complexity index is 1840. The molecule has 5 rings (SSSR count). The van der Waals surface area contributed by atoms with Crippen molar-refractivity contribution in [3.05, 3.63) is 45.5 Å². The van der Waals surface area contributed by atoms with Gasteiger partial charge in [0.2, 0.25) is 5.91 Å². The number of nitrogens with zero attached hydrogens (tertiary/aromatic N) is 7. The topological polar surface area (TPSA) is 151 Å². The van der Waals surface area contributed by atoms with Crippen molar-refractivity contribution >= 4 is 50.5 Å². The Morgan fingerprint density at radius 2 is 1.77 bits per heavy atom. The van der Waals surface area contributed by atoms with Crippen molar-refractivity contribution in [3.63, 3.8) is 0 Å². The molecule has 1 fully saturated rings. The zero-order chi connectivity index (χ0) is 31.2. The van der Waals surface area contributed by atoms with E-state index in [-0.39, 0.29) is 28.9 Å². The lowest BCUT2D eigenvalue weighted by atomic mass is 10.1. The first kappa shape index (κ1) is 30.2. The van der Waals surface area contributed by atoms with E-state index in [1.54, 1.807) is 30.0 Å². The van der Waals surface area contributed by atoms with Crippen molar-refractivity contribution in [2.75, 3.05) is 49.3 Å². The molecule has 1 N–H and O–H groups in total. The molecule has 15 heteroatoms. The first-order chi connectivity index (χ1) is 20.3. The minimum Gasteiger partial charge on any atom is -0.495 e. The van der Waals surface area contributed by atoms with E-state index in [0.29, 0.717) is 54.5 Å². The van der Waals surface area contributed by atoms with Crippen LogP contribution in [0.2, 0.25) is 0 Å². The number of carbonyl (C=O) groups is 2. The van der Waals surface area contributed by atoms with Gasteiger partial charge in [-0.3, -0.25) is 9.69 Å². The average molecular weight is 628 g/mol. The number of ether oxygens (including phenoxy) is 1. The molecule has 1 aromatic carbocycles. The fourth-order valence-corrected chi connectivity index (χ4v) is 7.05. The van der Waals surface area contributed by atoms with E-state index in [9.17, 15) is 23.1 Å². The SMILES string of the molecule is COc1ccc(-c2c(C)nn3c(N(Cc4sc(C)nc4C)C(=O)O)cc(N4CCN(C(C)=O)CC4)nc23)cc1S(C)(=O)=O. The first-order valence-electron chi connectivity index (χ1n) is 13.5. The number of carboxylic acid groups (broad SMARTS) is 1.